The number of hydrogen-bond acceptors (Lipinski definition) is 2. The number of halogens is 1. The minimum atomic E-state index is 0.669. The minimum Gasteiger partial charge on any atom is -0.454 e. The van der Waals surface area contributed by atoms with Gasteiger partial charge in [-0.15, -0.1) is 0 Å². The van der Waals surface area contributed by atoms with E-state index in [0.29, 0.717) is 6.04 Å². The lowest BCUT2D eigenvalue weighted by Crippen LogP contribution is -2.31. The average molecular weight is 319 g/mol. The van der Waals surface area contributed by atoms with E-state index in [9.17, 15) is 0 Å². The molecule has 0 saturated heterocycles. The summed E-state index contributed by atoms with van der Waals surface area (Å²) >= 11 is 2.20. The molecule has 1 aliphatic rings. The van der Waals surface area contributed by atoms with Crippen LogP contribution < -0.4 is 5.32 Å². The predicted octanol–water partition coefficient (Wildman–Crippen LogP) is 3.41. The quantitative estimate of drug-likeness (QED) is 0.864. The highest BCUT2D eigenvalue weighted by Gasteiger charge is 2.29. The summed E-state index contributed by atoms with van der Waals surface area (Å²) in [5.41, 5.74) is 0. The lowest BCUT2D eigenvalue weighted by molar-refractivity contribution is 0.354. The van der Waals surface area contributed by atoms with Crippen molar-refractivity contribution in [1.29, 1.82) is 0 Å². The average Bonchev–Trinajstić information content (AvgIpc) is 2.74. The first-order valence-electron chi connectivity index (χ1n) is 5.64. The topological polar surface area (TPSA) is 25.2 Å². The Morgan fingerprint density at radius 2 is 2.20 bits per heavy atom. The second kappa shape index (κ2) is 4.87. The summed E-state index contributed by atoms with van der Waals surface area (Å²) in [6, 6.07) is 4.73. The van der Waals surface area contributed by atoms with Crippen LogP contribution in [0.5, 0.6) is 0 Å². The third-order valence-corrected chi connectivity index (χ3v) is 4.21. The Balaban J connectivity index is 1.83. The molecule has 1 heterocycles. The van der Waals surface area contributed by atoms with Crippen molar-refractivity contribution in [3.05, 3.63) is 21.7 Å². The van der Waals surface area contributed by atoms with Crippen LogP contribution in [0.3, 0.4) is 0 Å². The van der Waals surface area contributed by atoms with Gasteiger partial charge in [0.1, 0.15) is 5.76 Å². The molecule has 1 saturated carbocycles. The maximum Gasteiger partial charge on any atom is 0.164 e. The van der Waals surface area contributed by atoms with Crippen LogP contribution in [0.1, 0.15) is 32.4 Å². The first kappa shape index (κ1) is 11.5. The Hall–Kier alpha value is -0.0300. The van der Waals surface area contributed by atoms with Crippen molar-refractivity contribution < 1.29 is 4.42 Å². The molecule has 0 amide bonds. The number of furan rings is 1. The normalized spacial score (nSPS) is 31.0. The molecule has 1 aliphatic carbocycles. The Morgan fingerprint density at radius 1 is 1.40 bits per heavy atom. The molecule has 0 bridgehead atoms. The molecule has 2 nitrogen and oxygen atoms in total. The Kier molecular flexibility index (Phi) is 3.72. The molecule has 3 atom stereocenters. The van der Waals surface area contributed by atoms with Crippen molar-refractivity contribution in [3.63, 3.8) is 0 Å². The standard InChI is InChI=1S/C12H18INO/c1-8-3-5-11(9(8)2)14-7-10-4-6-12(13)15-10/h4,6,8-9,11,14H,3,5,7H2,1-2H3. The van der Waals surface area contributed by atoms with Gasteiger partial charge in [0.2, 0.25) is 0 Å². The highest BCUT2D eigenvalue weighted by molar-refractivity contribution is 14.1. The molecule has 0 spiro atoms. The van der Waals surface area contributed by atoms with Gasteiger partial charge in [-0.1, -0.05) is 13.8 Å². The van der Waals surface area contributed by atoms with Crippen molar-refractivity contribution in [2.45, 2.75) is 39.3 Å². The van der Waals surface area contributed by atoms with E-state index in [1.807, 2.05) is 6.07 Å². The van der Waals surface area contributed by atoms with Gasteiger partial charge in [0, 0.05) is 6.04 Å². The van der Waals surface area contributed by atoms with Gasteiger partial charge < -0.3 is 9.73 Å². The van der Waals surface area contributed by atoms with Gasteiger partial charge in [0.15, 0.2) is 3.77 Å². The van der Waals surface area contributed by atoms with E-state index in [1.165, 1.54) is 12.8 Å². The van der Waals surface area contributed by atoms with Crippen LogP contribution in [0.4, 0.5) is 0 Å². The molecule has 0 radical (unpaired) electrons. The van der Waals surface area contributed by atoms with Gasteiger partial charge in [-0.05, 0) is 59.4 Å². The van der Waals surface area contributed by atoms with Crippen LogP contribution in [0, 0.1) is 15.6 Å². The van der Waals surface area contributed by atoms with Crippen molar-refractivity contribution >= 4 is 22.6 Å². The summed E-state index contributed by atoms with van der Waals surface area (Å²) in [4.78, 5) is 0. The Bertz CT molecular complexity index is 323. The van der Waals surface area contributed by atoms with Crippen LogP contribution in [0.15, 0.2) is 16.5 Å². The van der Waals surface area contributed by atoms with E-state index in [0.717, 1.165) is 27.9 Å². The summed E-state index contributed by atoms with van der Waals surface area (Å²) in [6.07, 6.45) is 2.66. The maximum absolute atomic E-state index is 5.53. The van der Waals surface area contributed by atoms with E-state index in [2.05, 4.69) is 47.8 Å². The minimum absolute atomic E-state index is 0.669. The second-order valence-corrected chi connectivity index (χ2v) is 5.67. The Labute approximate surface area is 105 Å². The summed E-state index contributed by atoms with van der Waals surface area (Å²) in [7, 11) is 0. The van der Waals surface area contributed by atoms with Crippen molar-refractivity contribution in [1.82, 2.24) is 5.32 Å². The van der Waals surface area contributed by atoms with E-state index in [1.54, 1.807) is 0 Å². The first-order chi connectivity index (χ1) is 7.16. The van der Waals surface area contributed by atoms with Crippen molar-refractivity contribution in [2.24, 2.45) is 11.8 Å². The van der Waals surface area contributed by atoms with Crippen LogP contribution in [-0.2, 0) is 6.54 Å². The highest BCUT2D eigenvalue weighted by Crippen LogP contribution is 2.31. The Morgan fingerprint density at radius 3 is 2.73 bits per heavy atom. The molecule has 0 aromatic carbocycles. The lowest BCUT2D eigenvalue weighted by atomic mass is 9.98. The SMILES string of the molecule is CC1CCC(NCc2ccc(I)o2)C1C. The highest BCUT2D eigenvalue weighted by atomic mass is 127. The summed E-state index contributed by atoms with van der Waals surface area (Å²) in [6.45, 7) is 5.56. The fraction of sp³-hybridized carbons (Fsp3) is 0.667. The zero-order valence-electron chi connectivity index (χ0n) is 9.29. The van der Waals surface area contributed by atoms with Gasteiger partial charge in [0.05, 0.1) is 6.54 Å². The fourth-order valence-corrected chi connectivity index (χ4v) is 2.79. The molecule has 1 aromatic rings. The van der Waals surface area contributed by atoms with Crippen LogP contribution in [-0.4, -0.2) is 6.04 Å². The van der Waals surface area contributed by atoms with E-state index >= 15 is 0 Å². The van der Waals surface area contributed by atoms with E-state index in [4.69, 9.17) is 4.42 Å². The van der Waals surface area contributed by atoms with Gasteiger partial charge in [0.25, 0.3) is 0 Å². The third kappa shape index (κ3) is 2.75. The monoisotopic (exact) mass is 319 g/mol. The zero-order chi connectivity index (χ0) is 10.8. The largest absolute Gasteiger partial charge is 0.454 e. The number of nitrogens with one attached hydrogen (secondary N) is 1. The smallest absolute Gasteiger partial charge is 0.164 e. The molecule has 1 fully saturated rings. The van der Waals surface area contributed by atoms with Gasteiger partial charge >= 0.3 is 0 Å². The summed E-state index contributed by atoms with van der Waals surface area (Å²) in [5.74, 6) is 2.70. The third-order valence-electron chi connectivity index (χ3n) is 3.63. The van der Waals surface area contributed by atoms with Crippen LogP contribution >= 0.6 is 22.6 Å². The molecule has 1 aromatic heterocycles. The number of rotatable bonds is 3. The molecule has 1 N–H and O–H groups in total. The summed E-state index contributed by atoms with van der Waals surface area (Å²) < 4.78 is 6.50. The van der Waals surface area contributed by atoms with E-state index < -0.39 is 0 Å². The van der Waals surface area contributed by atoms with Crippen molar-refractivity contribution in [2.75, 3.05) is 0 Å². The van der Waals surface area contributed by atoms with Crippen LogP contribution in [0.25, 0.3) is 0 Å². The first-order valence-corrected chi connectivity index (χ1v) is 6.72. The van der Waals surface area contributed by atoms with E-state index in [-0.39, 0.29) is 0 Å². The van der Waals surface area contributed by atoms with Crippen molar-refractivity contribution in [3.8, 4) is 0 Å². The fourth-order valence-electron chi connectivity index (χ4n) is 2.33. The molecular formula is C12H18INO. The van der Waals surface area contributed by atoms with Gasteiger partial charge in [-0.3, -0.25) is 0 Å². The second-order valence-electron chi connectivity index (χ2n) is 4.61. The van der Waals surface area contributed by atoms with Gasteiger partial charge in [-0.2, -0.15) is 0 Å². The lowest BCUT2D eigenvalue weighted by Gasteiger charge is -2.18. The maximum atomic E-state index is 5.53. The molecule has 3 heteroatoms. The van der Waals surface area contributed by atoms with Gasteiger partial charge in [-0.25, -0.2) is 0 Å². The molecule has 84 valence electrons. The zero-order valence-corrected chi connectivity index (χ0v) is 11.5. The molecule has 2 rings (SSSR count). The molecule has 15 heavy (non-hydrogen) atoms. The molecular weight excluding hydrogens is 301 g/mol. The van der Waals surface area contributed by atoms with Crippen LogP contribution in [0.2, 0.25) is 0 Å². The summed E-state index contributed by atoms with van der Waals surface area (Å²) in [5, 5.41) is 3.59. The number of hydrogen-bond donors (Lipinski definition) is 1. The predicted molar refractivity (Wildman–Crippen MR) is 69.6 cm³/mol. The molecule has 3 unspecified atom stereocenters. The molecule has 0 aliphatic heterocycles.